The lowest BCUT2D eigenvalue weighted by atomic mass is 10.1. The second-order valence-corrected chi connectivity index (χ2v) is 5.13. The number of halogens is 1. The SMILES string of the molecule is COCCNC(=O)CN(C)Cc1ccc(F)c(C(N)=S)c1. The number of methoxy groups -OCH3 is 1. The van der Waals surface area contributed by atoms with Gasteiger partial charge in [-0.25, -0.2) is 4.39 Å². The van der Waals surface area contributed by atoms with Crippen molar-refractivity contribution in [2.75, 3.05) is 33.9 Å². The van der Waals surface area contributed by atoms with Crippen molar-refractivity contribution >= 4 is 23.1 Å². The van der Waals surface area contributed by atoms with Crippen molar-refractivity contribution in [1.29, 1.82) is 0 Å². The lowest BCUT2D eigenvalue weighted by molar-refractivity contribution is -0.122. The number of rotatable bonds is 8. The van der Waals surface area contributed by atoms with E-state index in [9.17, 15) is 9.18 Å². The molecule has 0 spiro atoms. The number of likely N-dealkylation sites (N-methyl/N-ethyl adjacent to an activating group) is 1. The van der Waals surface area contributed by atoms with E-state index in [0.717, 1.165) is 5.56 Å². The molecule has 0 aromatic heterocycles. The summed E-state index contributed by atoms with van der Waals surface area (Å²) in [4.78, 5) is 13.5. The minimum Gasteiger partial charge on any atom is -0.389 e. The fourth-order valence-electron chi connectivity index (χ4n) is 1.82. The first kappa shape index (κ1) is 17.5. The minimum absolute atomic E-state index is 0.0225. The fourth-order valence-corrected chi connectivity index (χ4v) is 1.98. The maximum Gasteiger partial charge on any atom is 0.234 e. The molecule has 21 heavy (non-hydrogen) atoms. The van der Waals surface area contributed by atoms with Gasteiger partial charge in [0.05, 0.1) is 13.2 Å². The van der Waals surface area contributed by atoms with E-state index in [-0.39, 0.29) is 23.0 Å². The van der Waals surface area contributed by atoms with Crippen molar-refractivity contribution in [2.24, 2.45) is 5.73 Å². The van der Waals surface area contributed by atoms with E-state index in [1.807, 2.05) is 4.90 Å². The van der Waals surface area contributed by atoms with Crippen LogP contribution in [0.3, 0.4) is 0 Å². The molecular weight excluding hydrogens is 293 g/mol. The molecule has 3 N–H and O–H groups in total. The Bertz CT molecular complexity index is 511. The molecule has 0 aliphatic rings. The smallest absolute Gasteiger partial charge is 0.234 e. The predicted octanol–water partition coefficient (Wildman–Crippen LogP) is 0.654. The molecule has 5 nitrogen and oxygen atoms in total. The summed E-state index contributed by atoms with van der Waals surface area (Å²) >= 11 is 4.80. The zero-order valence-electron chi connectivity index (χ0n) is 12.2. The predicted molar refractivity (Wildman–Crippen MR) is 83.5 cm³/mol. The number of ether oxygens (including phenoxy) is 1. The summed E-state index contributed by atoms with van der Waals surface area (Å²) in [6, 6.07) is 4.59. The number of benzene rings is 1. The van der Waals surface area contributed by atoms with Crippen LogP contribution < -0.4 is 11.1 Å². The number of nitrogens with two attached hydrogens (primary N) is 1. The largest absolute Gasteiger partial charge is 0.389 e. The average molecular weight is 313 g/mol. The van der Waals surface area contributed by atoms with Gasteiger partial charge >= 0.3 is 0 Å². The highest BCUT2D eigenvalue weighted by atomic mass is 32.1. The van der Waals surface area contributed by atoms with E-state index in [0.29, 0.717) is 19.7 Å². The number of carbonyl (C=O) groups is 1. The monoisotopic (exact) mass is 313 g/mol. The van der Waals surface area contributed by atoms with Crippen molar-refractivity contribution in [2.45, 2.75) is 6.54 Å². The molecule has 0 aliphatic carbocycles. The van der Waals surface area contributed by atoms with Crippen molar-refractivity contribution in [3.8, 4) is 0 Å². The molecular formula is C14H20FN3O2S. The standard InChI is InChI=1S/C14H20FN3O2S/c1-18(9-13(19)17-5-6-20-2)8-10-3-4-12(15)11(7-10)14(16)21/h3-4,7H,5-6,8-9H2,1-2H3,(H2,16,21)(H,17,19). The Morgan fingerprint density at radius 3 is 2.86 bits per heavy atom. The Kier molecular flexibility index (Phi) is 7.21. The van der Waals surface area contributed by atoms with Gasteiger partial charge in [-0.1, -0.05) is 18.3 Å². The molecule has 1 aromatic rings. The van der Waals surface area contributed by atoms with Crippen LogP contribution in [-0.4, -0.2) is 49.6 Å². The van der Waals surface area contributed by atoms with Gasteiger partial charge in [0.15, 0.2) is 0 Å². The molecule has 0 radical (unpaired) electrons. The summed E-state index contributed by atoms with van der Waals surface area (Å²) in [6.07, 6.45) is 0. The Hall–Kier alpha value is -1.57. The number of amides is 1. The van der Waals surface area contributed by atoms with E-state index >= 15 is 0 Å². The normalized spacial score (nSPS) is 10.7. The highest BCUT2D eigenvalue weighted by Gasteiger charge is 2.10. The third kappa shape index (κ3) is 6.16. The van der Waals surface area contributed by atoms with Crippen LogP contribution in [0.15, 0.2) is 18.2 Å². The first-order valence-electron chi connectivity index (χ1n) is 6.46. The van der Waals surface area contributed by atoms with Gasteiger partial charge < -0.3 is 15.8 Å². The second-order valence-electron chi connectivity index (χ2n) is 4.69. The van der Waals surface area contributed by atoms with E-state index < -0.39 is 5.82 Å². The van der Waals surface area contributed by atoms with Gasteiger partial charge in [0.2, 0.25) is 5.91 Å². The second kappa shape index (κ2) is 8.66. The Morgan fingerprint density at radius 2 is 2.24 bits per heavy atom. The van der Waals surface area contributed by atoms with Crippen LogP contribution in [-0.2, 0) is 16.1 Å². The lowest BCUT2D eigenvalue weighted by Gasteiger charge is -2.17. The zero-order valence-corrected chi connectivity index (χ0v) is 13.0. The molecule has 0 fully saturated rings. The molecule has 0 saturated heterocycles. The van der Waals surface area contributed by atoms with Crippen LogP contribution in [0.25, 0.3) is 0 Å². The molecule has 1 rings (SSSR count). The summed E-state index contributed by atoms with van der Waals surface area (Å²) in [5.74, 6) is -0.530. The quantitative estimate of drug-likeness (QED) is 0.545. The summed E-state index contributed by atoms with van der Waals surface area (Å²) in [5.41, 5.74) is 6.53. The van der Waals surface area contributed by atoms with Crippen LogP contribution in [0.1, 0.15) is 11.1 Å². The van der Waals surface area contributed by atoms with Crippen LogP contribution >= 0.6 is 12.2 Å². The Morgan fingerprint density at radius 1 is 1.52 bits per heavy atom. The van der Waals surface area contributed by atoms with E-state index in [4.69, 9.17) is 22.7 Å². The Balaban J connectivity index is 2.54. The van der Waals surface area contributed by atoms with Crippen LogP contribution in [0.5, 0.6) is 0 Å². The molecule has 1 amide bonds. The molecule has 116 valence electrons. The van der Waals surface area contributed by atoms with Crippen molar-refractivity contribution < 1.29 is 13.9 Å². The van der Waals surface area contributed by atoms with Gasteiger partial charge in [-0.3, -0.25) is 9.69 Å². The summed E-state index contributed by atoms with van der Waals surface area (Å²) in [7, 11) is 3.38. The van der Waals surface area contributed by atoms with E-state index in [1.54, 1.807) is 26.3 Å². The number of hydrogen-bond donors (Lipinski definition) is 2. The topological polar surface area (TPSA) is 67.6 Å². The van der Waals surface area contributed by atoms with Gasteiger partial charge in [0.1, 0.15) is 10.8 Å². The molecule has 0 aliphatic heterocycles. The number of hydrogen-bond acceptors (Lipinski definition) is 4. The van der Waals surface area contributed by atoms with Crippen molar-refractivity contribution in [3.05, 3.63) is 35.1 Å². The average Bonchev–Trinajstić information content (AvgIpc) is 2.40. The maximum absolute atomic E-state index is 13.5. The maximum atomic E-state index is 13.5. The number of nitrogens with one attached hydrogen (secondary N) is 1. The van der Waals surface area contributed by atoms with Gasteiger partial charge in [-0.15, -0.1) is 0 Å². The molecule has 1 aromatic carbocycles. The highest BCUT2D eigenvalue weighted by molar-refractivity contribution is 7.80. The third-order valence-electron chi connectivity index (χ3n) is 2.79. The fraction of sp³-hybridized carbons (Fsp3) is 0.429. The summed E-state index contributed by atoms with van der Waals surface area (Å²) in [6.45, 7) is 1.69. The van der Waals surface area contributed by atoms with Crippen molar-refractivity contribution in [3.63, 3.8) is 0 Å². The van der Waals surface area contributed by atoms with Crippen LogP contribution in [0.4, 0.5) is 4.39 Å². The van der Waals surface area contributed by atoms with Crippen LogP contribution in [0.2, 0.25) is 0 Å². The van der Waals surface area contributed by atoms with E-state index in [2.05, 4.69) is 5.32 Å². The first-order valence-corrected chi connectivity index (χ1v) is 6.87. The highest BCUT2D eigenvalue weighted by Crippen LogP contribution is 2.12. The van der Waals surface area contributed by atoms with Gasteiger partial charge in [-0.05, 0) is 24.7 Å². The molecule has 0 saturated carbocycles. The van der Waals surface area contributed by atoms with Gasteiger partial charge in [-0.2, -0.15) is 0 Å². The van der Waals surface area contributed by atoms with Crippen molar-refractivity contribution in [1.82, 2.24) is 10.2 Å². The summed E-state index contributed by atoms with van der Waals surface area (Å²) < 4.78 is 18.3. The first-order chi connectivity index (χ1) is 9.93. The molecule has 0 heterocycles. The van der Waals surface area contributed by atoms with Crippen LogP contribution in [0, 0.1) is 5.82 Å². The number of nitrogens with zero attached hydrogens (tertiary/aromatic N) is 1. The molecule has 0 atom stereocenters. The van der Waals surface area contributed by atoms with Gasteiger partial charge in [0, 0.05) is 25.8 Å². The minimum atomic E-state index is -0.439. The zero-order chi connectivity index (χ0) is 15.8. The number of thiocarbonyl (C=S) groups is 1. The number of carbonyl (C=O) groups excluding carboxylic acids is 1. The van der Waals surface area contributed by atoms with Gasteiger partial charge in [0.25, 0.3) is 0 Å². The van der Waals surface area contributed by atoms with E-state index in [1.165, 1.54) is 6.07 Å². The Labute approximate surface area is 129 Å². The molecule has 7 heteroatoms. The molecule has 0 bridgehead atoms. The third-order valence-corrected chi connectivity index (χ3v) is 3.01. The lowest BCUT2D eigenvalue weighted by Crippen LogP contribution is -2.36. The molecule has 0 unspecified atom stereocenters. The summed E-state index contributed by atoms with van der Waals surface area (Å²) in [5, 5.41) is 2.73.